The van der Waals surface area contributed by atoms with E-state index in [9.17, 15) is 4.79 Å². The fraction of sp³-hybridized carbons (Fsp3) is 0.435. The van der Waals surface area contributed by atoms with Crippen molar-refractivity contribution < 1.29 is 4.74 Å². The standard InChI is InChI=1S/C23H28N6O2.ClH/c1-3-5-14-28-19-20(25-22(28)27-16-12-24-13-17-27)26-23(31-4-2)29(21(19)30)15-11-18-9-7-6-8-10-18;/h6-10,24H,4,11-17H2,1-2H3;1H. The summed E-state index contributed by atoms with van der Waals surface area (Å²) >= 11 is 0. The Morgan fingerprint density at radius 2 is 1.88 bits per heavy atom. The average molecular weight is 457 g/mol. The minimum absolute atomic E-state index is 0. The molecule has 2 aromatic heterocycles. The van der Waals surface area contributed by atoms with Gasteiger partial charge >= 0.3 is 6.01 Å². The van der Waals surface area contributed by atoms with E-state index in [1.54, 1.807) is 11.5 Å². The molecule has 3 aromatic rings. The number of piperazine rings is 1. The molecule has 1 aromatic carbocycles. The fourth-order valence-corrected chi connectivity index (χ4v) is 3.82. The van der Waals surface area contributed by atoms with Crippen LogP contribution in [0.15, 0.2) is 35.1 Å². The molecule has 9 heteroatoms. The molecule has 0 radical (unpaired) electrons. The number of aromatic nitrogens is 4. The Balaban J connectivity index is 0.00000289. The van der Waals surface area contributed by atoms with Crippen molar-refractivity contribution in [3.63, 3.8) is 0 Å². The first-order valence-corrected chi connectivity index (χ1v) is 10.8. The van der Waals surface area contributed by atoms with Gasteiger partial charge in [-0.2, -0.15) is 9.97 Å². The molecule has 1 saturated heterocycles. The van der Waals surface area contributed by atoms with Gasteiger partial charge < -0.3 is 15.0 Å². The zero-order chi connectivity index (χ0) is 21.6. The van der Waals surface area contributed by atoms with E-state index in [0.717, 1.165) is 37.7 Å². The molecule has 32 heavy (non-hydrogen) atoms. The normalized spacial score (nSPS) is 13.4. The summed E-state index contributed by atoms with van der Waals surface area (Å²) < 4.78 is 9.27. The minimum Gasteiger partial charge on any atom is -0.465 e. The number of nitrogens with zero attached hydrogens (tertiary/aromatic N) is 5. The molecule has 4 rings (SSSR count). The SMILES string of the molecule is CC#CCn1c(N2CCNCC2)nc2nc(OCC)n(CCc3ccccc3)c(=O)c21.Cl. The maximum absolute atomic E-state index is 13.6. The molecule has 1 aliphatic heterocycles. The maximum atomic E-state index is 13.6. The van der Waals surface area contributed by atoms with E-state index in [1.165, 1.54) is 0 Å². The minimum atomic E-state index is -0.142. The highest BCUT2D eigenvalue weighted by Crippen LogP contribution is 2.22. The third kappa shape index (κ3) is 4.90. The van der Waals surface area contributed by atoms with Crippen molar-refractivity contribution in [1.82, 2.24) is 24.4 Å². The van der Waals surface area contributed by atoms with Crippen LogP contribution in [0.4, 0.5) is 5.95 Å². The number of ether oxygens (including phenoxy) is 1. The van der Waals surface area contributed by atoms with Gasteiger partial charge in [0.2, 0.25) is 5.95 Å². The molecule has 1 aliphatic rings. The van der Waals surface area contributed by atoms with Gasteiger partial charge in [-0.3, -0.25) is 13.9 Å². The van der Waals surface area contributed by atoms with Gasteiger partial charge in [0.1, 0.15) is 0 Å². The van der Waals surface area contributed by atoms with Gasteiger partial charge in [0.05, 0.1) is 13.2 Å². The van der Waals surface area contributed by atoms with Crippen LogP contribution < -0.4 is 20.5 Å². The van der Waals surface area contributed by atoms with E-state index < -0.39 is 0 Å². The van der Waals surface area contributed by atoms with E-state index in [1.807, 2.05) is 29.7 Å². The molecule has 0 unspecified atom stereocenters. The predicted molar refractivity (Wildman–Crippen MR) is 129 cm³/mol. The lowest BCUT2D eigenvalue weighted by Gasteiger charge is -2.28. The number of fused-ring (bicyclic) bond motifs is 1. The molecule has 3 heterocycles. The van der Waals surface area contributed by atoms with Gasteiger partial charge in [0.15, 0.2) is 11.2 Å². The Morgan fingerprint density at radius 3 is 2.56 bits per heavy atom. The molecule has 170 valence electrons. The number of benzene rings is 1. The second kappa shape index (κ2) is 11.0. The van der Waals surface area contributed by atoms with Crippen LogP contribution in [0.2, 0.25) is 0 Å². The summed E-state index contributed by atoms with van der Waals surface area (Å²) in [6, 6.07) is 10.4. The molecule has 8 nitrogen and oxygen atoms in total. The summed E-state index contributed by atoms with van der Waals surface area (Å²) in [5.74, 6) is 6.76. The zero-order valence-corrected chi connectivity index (χ0v) is 19.3. The number of hydrogen-bond acceptors (Lipinski definition) is 6. The van der Waals surface area contributed by atoms with Crippen molar-refractivity contribution in [2.24, 2.45) is 0 Å². The number of anilines is 1. The number of rotatable bonds is 7. The van der Waals surface area contributed by atoms with Gasteiger partial charge in [-0.15, -0.1) is 18.3 Å². The van der Waals surface area contributed by atoms with E-state index in [0.29, 0.717) is 43.3 Å². The Morgan fingerprint density at radius 1 is 1.12 bits per heavy atom. The summed E-state index contributed by atoms with van der Waals surface area (Å²) in [7, 11) is 0. The highest BCUT2D eigenvalue weighted by Gasteiger charge is 2.24. The van der Waals surface area contributed by atoms with E-state index in [2.05, 4.69) is 39.2 Å². The van der Waals surface area contributed by atoms with Crippen LogP contribution in [0.1, 0.15) is 19.4 Å². The van der Waals surface area contributed by atoms with Crippen molar-refractivity contribution in [2.45, 2.75) is 33.4 Å². The smallest absolute Gasteiger partial charge is 0.301 e. The fourth-order valence-electron chi connectivity index (χ4n) is 3.82. The second-order valence-corrected chi connectivity index (χ2v) is 7.35. The van der Waals surface area contributed by atoms with Gasteiger partial charge in [-0.25, -0.2) is 0 Å². The monoisotopic (exact) mass is 456 g/mol. The van der Waals surface area contributed by atoms with Crippen LogP contribution in [0, 0.1) is 11.8 Å². The predicted octanol–water partition coefficient (Wildman–Crippen LogP) is 2.09. The van der Waals surface area contributed by atoms with Crippen molar-refractivity contribution in [2.75, 3.05) is 37.7 Å². The van der Waals surface area contributed by atoms with Crippen LogP contribution in [0.3, 0.4) is 0 Å². The lowest BCUT2D eigenvalue weighted by atomic mass is 10.1. The first-order valence-electron chi connectivity index (χ1n) is 10.8. The van der Waals surface area contributed by atoms with Gasteiger partial charge in [-0.05, 0) is 25.8 Å². The summed E-state index contributed by atoms with van der Waals surface area (Å²) in [5, 5.41) is 3.35. The quantitative estimate of drug-likeness (QED) is 0.548. The highest BCUT2D eigenvalue weighted by atomic mass is 35.5. The summed E-state index contributed by atoms with van der Waals surface area (Å²) in [4.78, 5) is 25.2. The molecular weight excluding hydrogens is 428 g/mol. The van der Waals surface area contributed by atoms with Crippen LogP contribution in [-0.4, -0.2) is 51.9 Å². The van der Waals surface area contributed by atoms with Crippen molar-refractivity contribution in [1.29, 1.82) is 0 Å². The van der Waals surface area contributed by atoms with Crippen LogP contribution in [0.25, 0.3) is 11.2 Å². The summed E-state index contributed by atoms with van der Waals surface area (Å²) in [6.45, 7) is 8.39. The first-order chi connectivity index (χ1) is 15.2. The first kappa shape index (κ1) is 23.6. The molecule has 0 spiro atoms. The third-order valence-corrected chi connectivity index (χ3v) is 5.36. The van der Waals surface area contributed by atoms with Gasteiger partial charge in [0.25, 0.3) is 5.56 Å². The average Bonchev–Trinajstić information content (AvgIpc) is 3.17. The Labute approximate surface area is 194 Å². The molecule has 1 N–H and O–H groups in total. The van der Waals surface area contributed by atoms with E-state index >= 15 is 0 Å². The lowest BCUT2D eigenvalue weighted by molar-refractivity contribution is 0.290. The number of aryl methyl sites for hydroxylation is 1. The van der Waals surface area contributed by atoms with E-state index in [4.69, 9.17) is 9.72 Å². The van der Waals surface area contributed by atoms with Crippen LogP contribution in [0.5, 0.6) is 6.01 Å². The lowest BCUT2D eigenvalue weighted by Crippen LogP contribution is -2.44. The molecule has 0 atom stereocenters. The topological polar surface area (TPSA) is 77.2 Å². The highest BCUT2D eigenvalue weighted by molar-refractivity contribution is 5.85. The summed E-state index contributed by atoms with van der Waals surface area (Å²) in [6.07, 6.45) is 0.710. The molecule has 1 fully saturated rings. The van der Waals surface area contributed by atoms with Crippen LogP contribution >= 0.6 is 12.4 Å². The largest absolute Gasteiger partial charge is 0.465 e. The van der Waals surface area contributed by atoms with Crippen molar-refractivity contribution in [3.8, 4) is 17.9 Å². The van der Waals surface area contributed by atoms with Crippen molar-refractivity contribution >= 4 is 29.5 Å². The maximum Gasteiger partial charge on any atom is 0.301 e. The summed E-state index contributed by atoms with van der Waals surface area (Å²) in [5.41, 5.74) is 1.91. The number of hydrogen-bond donors (Lipinski definition) is 1. The Hall–Kier alpha value is -3.02. The zero-order valence-electron chi connectivity index (χ0n) is 18.5. The van der Waals surface area contributed by atoms with Gasteiger partial charge in [-0.1, -0.05) is 36.3 Å². The van der Waals surface area contributed by atoms with Gasteiger partial charge in [0, 0.05) is 32.7 Å². The van der Waals surface area contributed by atoms with Crippen LogP contribution in [-0.2, 0) is 19.5 Å². The Kier molecular flexibility index (Phi) is 8.14. The van der Waals surface area contributed by atoms with E-state index in [-0.39, 0.29) is 18.0 Å². The molecule has 0 saturated carbocycles. The number of imidazole rings is 1. The molecule has 0 amide bonds. The van der Waals surface area contributed by atoms with Crippen molar-refractivity contribution in [3.05, 3.63) is 46.2 Å². The Bertz CT molecular complexity index is 1160. The third-order valence-electron chi connectivity index (χ3n) is 5.36. The number of nitrogens with one attached hydrogen (secondary N) is 1. The molecule has 0 bridgehead atoms. The second-order valence-electron chi connectivity index (χ2n) is 7.35. The molecular formula is C23H29ClN6O2. The molecule has 0 aliphatic carbocycles. The number of halogens is 1.